The number of primary amides is 2. The van der Waals surface area contributed by atoms with Gasteiger partial charge >= 0.3 is 5.97 Å². The number of carbonyl (C=O) groups excluding carboxylic acids is 15. The molecule has 1 saturated heterocycles. The molecule has 26 N–H and O–H groups in total. The molecular weight excluding hydrogens is 1490 g/mol. The summed E-state index contributed by atoms with van der Waals surface area (Å²) in [5, 5.41) is 74.1. The maximum absolute atomic E-state index is 14.9. The molecule has 42 heteroatoms. The van der Waals surface area contributed by atoms with E-state index in [0.717, 1.165) is 35.4 Å². The van der Waals surface area contributed by atoms with E-state index < -0.39 is 235 Å². The fourth-order valence-corrected chi connectivity index (χ4v) is 13.5. The zero-order valence-corrected chi connectivity index (χ0v) is 63.7. The van der Waals surface area contributed by atoms with Gasteiger partial charge in [0.2, 0.25) is 88.6 Å². The number of amides is 15. The Morgan fingerprint density at radius 2 is 1.24 bits per heavy atom. The number of H-pyrrole nitrogens is 2. The molecule has 14 atom stereocenters. The third-order valence-electron chi connectivity index (χ3n) is 17.5. The summed E-state index contributed by atoms with van der Waals surface area (Å²) in [4.78, 5) is 234. The number of rotatable bonds is 25. The molecule has 1 aliphatic rings. The minimum Gasteiger partial charge on any atom is -0.508 e. The summed E-state index contributed by atoms with van der Waals surface area (Å²) in [5.74, 6) is -20.4. The molecule has 1 fully saturated rings. The first-order valence-corrected chi connectivity index (χ1v) is 37.9. The lowest BCUT2D eigenvalue weighted by Crippen LogP contribution is -2.61. The van der Waals surface area contributed by atoms with Crippen molar-refractivity contribution >= 4 is 133 Å². The lowest BCUT2D eigenvalue weighted by Gasteiger charge is -2.29. The van der Waals surface area contributed by atoms with Gasteiger partial charge in [-0.2, -0.15) is 0 Å². The van der Waals surface area contributed by atoms with Crippen molar-refractivity contribution in [3.05, 3.63) is 84.1 Å². The SMILES string of the molecule is CC[C@H](C)[C@H](NC(C)=O)C(=O)N[C@H]1CSSC[C@@H](C(=O)N[C@H](C(N)=O)[C@@H](C)O)NC(=O)[C@H](CCCNC(=N)N)NC(=O)[C@@H](Cc2cnc[nH]2)NC(=O)[C@H](C)NC(=O)CNC(=O)[C@H](Cc2c[nH]c3ccccc23)NC(=O)[C@@H](CC(=O)O)NC(=O)[C@H](CCC(N)=O)NC(=O)[C@@H](Cc2ccc(O)cc2)NC(=O)[C@H](C(C)C)NC1=O. The molecule has 5 rings (SSSR count). The van der Waals surface area contributed by atoms with Gasteiger partial charge in [0.15, 0.2) is 5.96 Å². The number of hydrogen-bond acceptors (Lipinski definition) is 22. The molecular formula is C69H99N21O19S2. The van der Waals surface area contributed by atoms with Crippen LogP contribution in [-0.4, -0.2) is 234 Å². The number of fused-ring (bicyclic) bond motifs is 1. The number of phenols is 1. The van der Waals surface area contributed by atoms with Crippen molar-refractivity contribution in [2.45, 2.75) is 185 Å². The Bertz CT molecular complexity index is 3980. The first-order valence-electron chi connectivity index (χ1n) is 35.4. The highest BCUT2D eigenvalue weighted by atomic mass is 33.1. The highest BCUT2D eigenvalue weighted by Gasteiger charge is 2.39. The van der Waals surface area contributed by atoms with Crippen LogP contribution in [0.5, 0.6) is 5.75 Å². The van der Waals surface area contributed by atoms with E-state index >= 15 is 0 Å². The molecule has 0 unspecified atom stereocenters. The normalized spacial score (nSPS) is 22.8. The Hall–Kier alpha value is -11.6. The van der Waals surface area contributed by atoms with E-state index in [-0.39, 0.29) is 49.2 Å². The Balaban J connectivity index is 1.67. The van der Waals surface area contributed by atoms with Crippen LogP contribution in [0.2, 0.25) is 0 Å². The summed E-state index contributed by atoms with van der Waals surface area (Å²) in [6.45, 7) is 8.98. The number of nitrogens with zero attached hydrogens (tertiary/aromatic N) is 1. The van der Waals surface area contributed by atoms with E-state index in [1.165, 1.54) is 63.8 Å². The molecule has 0 aliphatic carbocycles. The van der Waals surface area contributed by atoms with Crippen molar-refractivity contribution in [1.29, 1.82) is 5.41 Å². The first kappa shape index (κ1) is 90.1. The van der Waals surface area contributed by atoms with Crippen molar-refractivity contribution in [2.75, 3.05) is 24.6 Å². The second-order valence-electron chi connectivity index (χ2n) is 26.8. The number of carboxylic acids is 1. The molecule has 15 amide bonds. The molecule has 0 bridgehead atoms. The van der Waals surface area contributed by atoms with Crippen LogP contribution in [0.3, 0.4) is 0 Å². The number of aliphatic carboxylic acids is 1. The lowest BCUT2D eigenvalue weighted by molar-refractivity contribution is -0.141. The zero-order valence-electron chi connectivity index (χ0n) is 62.1. The van der Waals surface area contributed by atoms with Gasteiger partial charge in [0.25, 0.3) is 0 Å². The Morgan fingerprint density at radius 1 is 0.658 bits per heavy atom. The number of aliphatic hydroxyl groups excluding tert-OH is 1. The molecule has 1 aliphatic heterocycles. The highest BCUT2D eigenvalue weighted by Crippen LogP contribution is 2.25. The summed E-state index contributed by atoms with van der Waals surface area (Å²) in [7, 11) is 1.61. The van der Waals surface area contributed by atoms with Gasteiger partial charge < -0.3 is 117 Å². The van der Waals surface area contributed by atoms with Gasteiger partial charge in [-0.3, -0.25) is 82.1 Å². The lowest BCUT2D eigenvalue weighted by atomic mass is 9.97. The molecule has 0 spiro atoms. The second kappa shape index (κ2) is 44.2. The predicted molar refractivity (Wildman–Crippen MR) is 404 cm³/mol. The van der Waals surface area contributed by atoms with Crippen LogP contribution in [0.4, 0.5) is 0 Å². The Morgan fingerprint density at radius 3 is 1.85 bits per heavy atom. The van der Waals surface area contributed by atoms with Crippen molar-refractivity contribution in [1.82, 2.24) is 89.4 Å². The summed E-state index contributed by atoms with van der Waals surface area (Å²) in [5.41, 5.74) is 18.2. The van der Waals surface area contributed by atoms with Gasteiger partial charge in [0, 0.05) is 79.6 Å². The number of aromatic amines is 2. The van der Waals surface area contributed by atoms with Crippen molar-refractivity contribution in [2.24, 2.45) is 29.0 Å². The van der Waals surface area contributed by atoms with Crippen molar-refractivity contribution in [3.8, 4) is 5.75 Å². The van der Waals surface area contributed by atoms with E-state index in [0.29, 0.717) is 22.9 Å². The van der Waals surface area contributed by atoms with Crippen LogP contribution in [0.1, 0.15) is 104 Å². The topological polar surface area (TPSA) is 649 Å². The van der Waals surface area contributed by atoms with Gasteiger partial charge in [-0.1, -0.05) is 86.0 Å². The van der Waals surface area contributed by atoms with Crippen molar-refractivity contribution < 1.29 is 92.0 Å². The van der Waals surface area contributed by atoms with Gasteiger partial charge in [0.1, 0.15) is 78.3 Å². The van der Waals surface area contributed by atoms with Crippen LogP contribution in [0.25, 0.3) is 10.9 Å². The van der Waals surface area contributed by atoms with E-state index in [4.69, 9.17) is 22.6 Å². The summed E-state index contributed by atoms with van der Waals surface area (Å²) in [6, 6.07) is -7.99. The van der Waals surface area contributed by atoms with Gasteiger partial charge in [-0.05, 0) is 74.3 Å². The monoisotopic (exact) mass is 1590 g/mol. The first-order chi connectivity index (χ1) is 52.4. The summed E-state index contributed by atoms with van der Waals surface area (Å²) in [6.07, 6.45) is -0.940. The number of nitrogens with two attached hydrogens (primary N) is 3. The maximum Gasteiger partial charge on any atom is 0.305 e. The zero-order chi connectivity index (χ0) is 82.3. The minimum absolute atomic E-state index is 0.00782. The smallest absolute Gasteiger partial charge is 0.305 e. The maximum atomic E-state index is 14.9. The number of benzene rings is 2. The van der Waals surface area contributed by atoms with Gasteiger partial charge in [-0.15, -0.1) is 0 Å². The minimum atomic E-state index is -2.07. The second-order valence-corrected chi connectivity index (χ2v) is 29.3. The van der Waals surface area contributed by atoms with Gasteiger partial charge in [-0.25, -0.2) is 4.98 Å². The molecule has 0 radical (unpaired) electrons. The standard InChI is InChI=1S/C69H99N21O19S2/c1-8-33(4)55(80-36(7)92)68(109)88-50-30-111-110-29-49(66(107)90-56(35(6)91)57(71)98)87-60(101)43(14-11-21-75-69(72)73)81-63(104)47(24-39-27-74-31-78-39)83-58(99)34(5)79-52(95)28-77-59(100)46(23-38-26-76-42-13-10-9-12-41(38)42)84-64(105)48(25-53(96)97)85-61(102)44(19-20-51(70)94)82-62(103)45(22-37-15-17-40(93)18-16-37)86-67(108)54(32(2)3)89-65(50)106/h9-10,12-13,15-18,26-27,31-35,43-50,54-56,76,91,93H,8,11,14,19-25,28-30H2,1-7H3,(H2,70,94)(H2,71,98)(H,74,78)(H,77,100)(H,79,95)(H,80,92)(H,81,104)(H,82,103)(H,83,99)(H,84,105)(H,85,102)(H,86,108)(H,87,101)(H,88,109)(H,89,106)(H,90,107)(H,96,97)(H4,72,73,75)/t33-,34-,35+,43-,44-,45+,46-,47+,48+,49-,50-,54-,55-,56-/m0/s1. The molecule has 3 heterocycles. The third kappa shape index (κ3) is 29.7. The van der Waals surface area contributed by atoms with Crippen LogP contribution in [0, 0.1) is 17.2 Å². The van der Waals surface area contributed by atoms with E-state index in [2.05, 4.69) is 89.4 Å². The molecule has 111 heavy (non-hydrogen) atoms. The molecule has 606 valence electrons. The number of carbonyl (C=O) groups is 16. The number of para-hydroxylation sites is 1. The largest absolute Gasteiger partial charge is 0.508 e. The average molecular weight is 1590 g/mol. The molecule has 4 aromatic rings. The number of aliphatic hydroxyl groups is 1. The van der Waals surface area contributed by atoms with Crippen LogP contribution in [0.15, 0.2) is 67.3 Å². The predicted octanol–water partition coefficient (Wildman–Crippen LogP) is -5.44. The van der Waals surface area contributed by atoms with E-state index in [1.807, 2.05) is 0 Å². The quantitative estimate of drug-likeness (QED) is 0.0127. The summed E-state index contributed by atoms with van der Waals surface area (Å²) < 4.78 is 0. The average Bonchev–Trinajstić information content (AvgIpc) is 1.75. The summed E-state index contributed by atoms with van der Waals surface area (Å²) >= 11 is 0. The van der Waals surface area contributed by atoms with Crippen molar-refractivity contribution in [3.63, 3.8) is 0 Å². The van der Waals surface area contributed by atoms with Crippen LogP contribution < -0.4 is 91.6 Å². The van der Waals surface area contributed by atoms with Crippen LogP contribution in [-0.2, 0) is 96.0 Å². The molecule has 2 aromatic carbocycles. The third-order valence-corrected chi connectivity index (χ3v) is 19.9. The van der Waals surface area contributed by atoms with Gasteiger partial charge in [0.05, 0.1) is 25.4 Å². The molecule has 40 nitrogen and oxygen atoms in total. The Labute approximate surface area is 645 Å². The molecule has 2 aromatic heterocycles. The van der Waals surface area contributed by atoms with Crippen LogP contribution >= 0.6 is 21.6 Å². The number of aromatic nitrogens is 3. The number of carboxylic acid groups (broad SMARTS) is 1. The number of nitrogens with one attached hydrogen (secondary N) is 17. The fourth-order valence-electron chi connectivity index (χ4n) is 11.2. The molecule has 0 saturated carbocycles. The number of guanidine groups is 1. The number of phenolic OH excluding ortho intramolecular Hbond substituents is 1. The fraction of sp³-hybridized carbons (Fsp3) is 0.507. The number of imidazole rings is 1. The highest BCUT2D eigenvalue weighted by molar-refractivity contribution is 8.76. The number of aromatic hydroxyl groups is 1. The number of hydrogen-bond donors (Lipinski definition) is 23. The van der Waals surface area contributed by atoms with E-state index in [1.54, 1.807) is 38.1 Å². The van der Waals surface area contributed by atoms with E-state index in [9.17, 15) is 92.0 Å². The Kier molecular flexibility index (Phi) is 35.8.